The second-order valence-electron chi connectivity index (χ2n) is 8.46. The summed E-state index contributed by atoms with van der Waals surface area (Å²) in [7, 11) is 1.78. The first-order valence-electron chi connectivity index (χ1n) is 10.9. The van der Waals surface area contributed by atoms with E-state index in [1.807, 2.05) is 4.90 Å². The van der Waals surface area contributed by atoms with E-state index in [9.17, 15) is 9.90 Å². The van der Waals surface area contributed by atoms with Crippen molar-refractivity contribution in [1.29, 1.82) is 0 Å². The Hall–Kier alpha value is -2.12. The Labute approximate surface area is 173 Å². The lowest BCUT2D eigenvalue weighted by molar-refractivity contribution is -0.135. The molecule has 0 atom stereocenters. The van der Waals surface area contributed by atoms with E-state index in [0.717, 1.165) is 64.4 Å². The number of carbonyl (C=O) groups is 1. The van der Waals surface area contributed by atoms with Crippen LogP contribution in [0.2, 0.25) is 0 Å². The third kappa shape index (κ3) is 5.28. The molecule has 2 saturated heterocycles. The number of carbonyl (C=O) groups excluding carboxylic acids is 1. The molecule has 1 aromatic carbocycles. The first-order chi connectivity index (χ1) is 14.1. The standard InChI is InChI=1S/C22H33N5O2/c1-23-22(26-12-13-27(19-6-7-19)21(29)16-26)24-14-17-2-4-18(5-3-17)15-25-10-8-20(28)9-11-25/h2-5,19-20,28H,6-16H2,1H3,(H,23,24). The topological polar surface area (TPSA) is 71.4 Å². The molecule has 1 aliphatic carbocycles. The summed E-state index contributed by atoms with van der Waals surface area (Å²) in [5.41, 5.74) is 2.50. The van der Waals surface area contributed by atoms with Gasteiger partial charge in [-0.1, -0.05) is 24.3 Å². The minimum atomic E-state index is -0.124. The van der Waals surface area contributed by atoms with E-state index >= 15 is 0 Å². The quantitative estimate of drug-likeness (QED) is 0.572. The number of hydrogen-bond acceptors (Lipinski definition) is 4. The molecule has 0 bridgehead atoms. The van der Waals surface area contributed by atoms with Crippen LogP contribution in [0.4, 0.5) is 0 Å². The number of amides is 1. The van der Waals surface area contributed by atoms with Crippen molar-refractivity contribution in [3.8, 4) is 0 Å². The van der Waals surface area contributed by atoms with E-state index in [1.54, 1.807) is 7.05 Å². The number of aliphatic imine (C=N–C) groups is 1. The second-order valence-corrected chi connectivity index (χ2v) is 8.46. The molecule has 158 valence electrons. The number of nitrogens with one attached hydrogen (secondary N) is 1. The Morgan fingerprint density at radius 3 is 2.38 bits per heavy atom. The molecule has 4 rings (SSSR count). The lowest BCUT2D eigenvalue weighted by atomic mass is 10.1. The highest BCUT2D eigenvalue weighted by Crippen LogP contribution is 2.28. The summed E-state index contributed by atoms with van der Waals surface area (Å²) < 4.78 is 0. The average molecular weight is 400 g/mol. The number of piperidine rings is 1. The number of likely N-dealkylation sites (tertiary alicyclic amines) is 1. The molecule has 1 amide bonds. The van der Waals surface area contributed by atoms with Gasteiger partial charge in [-0.2, -0.15) is 0 Å². The maximum Gasteiger partial charge on any atom is 0.242 e. The van der Waals surface area contributed by atoms with Crippen molar-refractivity contribution in [1.82, 2.24) is 20.0 Å². The Morgan fingerprint density at radius 2 is 1.76 bits per heavy atom. The predicted octanol–water partition coefficient (Wildman–Crippen LogP) is 1.03. The fraction of sp³-hybridized carbons (Fsp3) is 0.636. The van der Waals surface area contributed by atoms with E-state index < -0.39 is 0 Å². The van der Waals surface area contributed by atoms with E-state index in [4.69, 9.17) is 0 Å². The number of guanidine groups is 1. The van der Waals surface area contributed by atoms with Gasteiger partial charge < -0.3 is 20.2 Å². The number of hydrogen-bond donors (Lipinski definition) is 2. The van der Waals surface area contributed by atoms with E-state index in [1.165, 1.54) is 11.1 Å². The van der Waals surface area contributed by atoms with Gasteiger partial charge >= 0.3 is 0 Å². The summed E-state index contributed by atoms with van der Waals surface area (Å²) in [6.45, 7) is 5.62. The van der Waals surface area contributed by atoms with Crippen molar-refractivity contribution in [2.24, 2.45) is 4.99 Å². The van der Waals surface area contributed by atoms with Crippen LogP contribution in [0.5, 0.6) is 0 Å². The van der Waals surface area contributed by atoms with Crippen LogP contribution in [-0.2, 0) is 17.9 Å². The number of aliphatic hydroxyl groups excluding tert-OH is 1. The van der Waals surface area contributed by atoms with E-state index in [0.29, 0.717) is 19.1 Å². The summed E-state index contributed by atoms with van der Waals surface area (Å²) in [5.74, 6) is 1.01. The minimum Gasteiger partial charge on any atom is -0.393 e. The Balaban J connectivity index is 1.25. The first-order valence-corrected chi connectivity index (χ1v) is 10.9. The SMILES string of the molecule is CN=C(NCc1ccc(CN2CCC(O)CC2)cc1)N1CCN(C2CC2)C(=O)C1. The molecule has 7 heteroatoms. The molecule has 29 heavy (non-hydrogen) atoms. The fourth-order valence-electron chi connectivity index (χ4n) is 4.25. The van der Waals surface area contributed by atoms with Crippen LogP contribution < -0.4 is 5.32 Å². The molecule has 0 unspecified atom stereocenters. The monoisotopic (exact) mass is 399 g/mol. The van der Waals surface area contributed by atoms with Crippen molar-refractivity contribution in [3.05, 3.63) is 35.4 Å². The van der Waals surface area contributed by atoms with E-state index in [2.05, 4.69) is 44.4 Å². The Bertz CT molecular complexity index is 723. The van der Waals surface area contributed by atoms with Crippen molar-refractivity contribution in [2.45, 2.75) is 50.9 Å². The molecule has 2 heterocycles. The zero-order valence-electron chi connectivity index (χ0n) is 17.4. The molecule has 3 aliphatic rings. The number of benzene rings is 1. The molecule has 2 aliphatic heterocycles. The van der Waals surface area contributed by atoms with Gasteiger partial charge in [0.1, 0.15) is 0 Å². The van der Waals surface area contributed by atoms with Gasteiger partial charge in [-0.3, -0.25) is 14.7 Å². The largest absolute Gasteiger partial charge is 0.393 e. The normalized spacial score (nSPS) is 22.3. The van der Waals surface area contributed by atoms with Crippen LogP contribution in [0.15, 0.2) is 29.3 Å². The summed E-state index contributed by atoms with van der Waals surface area (Å²) in [6.07, 6.45) is 3.95. The zero-order chi connectivity index (χ0) is 20.2. The smallest absolute Gasteiger partial charge is 0.242 e. The molecular weight excluding hydrogens is 366 g/mol. The van der Waals surface area contributed by atoms with Gasteiger partial charge in [0.15, 0.2) is 5.96 Å². The molecule has 0 radical (unpaired) electrons. The zero-order valence-corrected chi connectivity index (χ0v) is 17.4. The van der Waals surface area contributed by atoms with Gasteiger partial charge in [-0.15, -0.1) is 0 Å². The average Bonchev–Trinajstić information content (AvgIpc) is 3.57. The van der Waals surface area contributed by atoms with Crippen LogP contribution in [0, 0.1) is 0 Å². The van der Waals surface area contributed by atoms with Crippen LogP contribution in [0.3, 0.4) is 0 Å². The molecule has 0 spiro atoms. The summed E-state index contributed by atoms with van der Waals surface area (Å²) in [4.78, 5) is 23.3. The van der Waals surface area contributed by atoms with Gasteiger partial charge in [0.2, 0.25) is 5.91 Å². The maximum absolute atomic E-state index is 12.4. The van der Waals surface area contributed by atoms with Crippen molar-refractivity contribution >= 4 is 11.9 Å². The van der Waals surface area contributed by atoms with Gasteiger partial charge in [-0.25, -0.2) is 0 Å². The van der Waals surface area contributed by atoms with Crippen LogP contribution in [0.25, 0.3) is 0 Å². The molecule has 7 nitrogen and oxygen atoms in total. The van der Waals surface area contributed by atoms with Crippen molar-refractivity contribution in [2.75, 3.05) is 39.8 Å². The first kappa shape index (κ1) is 20.2. The van der Waals surface area contributed by atoms with E-state index in [-0.39, 0.29) is 12.0 Å². The molecule has 1 aromatic rings. The lowest BCUT2D eigenvalue weighted by Gasteiger charge is -2.36. The Kier molecular flexibility index (Phi) is 6.35. The Morgan fingerprint density at radius 1 is 1.07 bits per heavy atom. The lowest BCUT2D eigenvalue weighted by Crippen LogP contribution is -2.55. The number of rotatable bonds is 5. The second kappa shape index (κ2) is 9.13. The van der Waals surface area contributed by atoms with Gasteiger partial charge in [-0.05, 0) is 36.8 Å². The van der Waals surface area contributed by atoms with Crippen LogP contribution in [0.1, 0.15) is 36.8 Å². The number of nitrogens with zero attached hydrogens (tertiary/aromatic N) is 4. The molecular formula is C22H33N5O2. The number of aliphatic hydroxyl groups is 1. The highest BCUT2D eigenvalue weighted by Gasteiger charge is 2.36. The van der Waals surface area contributed by atoms with Crippen molar-refractivity contribution < 1.29 is 9.90 Å². The highest BCUT2D eigenvalue weighted by molar-refractivity contribution is 5.87. The molecule has 2 N–H and O–H groups in total. The summed E-state index contributed by atoms with van der Waals surface area (Å²) in [6, 6.07) is 9.17. The fourth-order valence-corrected chi connectivity index (χ4v) is 4.25. The summed E-state index contributed by atoms with van der Waals surface area (Å²) in [5, 5.41) is 13.0. The van der Waals surface area contributed by atoms with Crippen molar-refractivity contribution in [3.63, 3.8) is 0 Å². The van der Waals surface area contributed by atoms with Crippen LogP contribution >= 0.6 is 0 Å². The maximum atomic E-state index is 12.4. The van der Waals surface area contributed by atoms with Gasteiger partial charge in [0.05, 0.1) is 12.6 Å². The highest BCUT2D eigenvalue weighted by atomic mass is 16.3. The molecule has 3 fully saturated rings. The summed E-state index contributed by atoms with van der Waals surface area (Å²) >= 11 is 0. The number of piperazine rings is 1. The van der Waals surface area contributed by atoms with Crippen LogP contribution in [-0.4, -0.2) is 83.6 Å². The van der Waals surface area contributed by atoms with Gasteiger partial charge in [0, 0.05) is 52.4 Å². The molecule has 0 aromatic heterocycles. The molecule has 1 saturated carbocycles. The third-order valence-electron chi connectivity index (χ3n) is 6.19. The third-order valence-corrected chi connectivity index (χ3v) is 6.19. The minimum absolute atomic E-state index is 0.124. The van der Waals surface area contributed by atoms with Gasteiger partial charge in [0.25, 0.3) is 0 Å². The predicted molar refractivity (Wildman–Crippen MR) is 113 cm³/mol.